The van der Waals surface area contributed by atoms with Crippen LogP contribution in [-0.4, -0.2) is 28.2 Å². The molecule has 0 spiro atoms. The molecule has 9 heteroatoms. The number of aromatic nitrogens is 1. The van der Waals surface area contributed by atoms with Crippen molar-refractivity contribution in [3.05, 3.63) is 41.3 Å². The zero-order chi connectivity index (χ0) is 16.5. The van der Waals surface area contributed by atoms with E-state index in [-0.39, 0.29) is 27.8 Å². The van der Waals surface area contributed by atoms with Gasteiger partial charge in [0.2, 0.25) is 10.0 Å². The largest absolute Gasteiger partial charge is 0.360 e. The molecule has 0 aliphatic rings. The number of sulfonamides is 1. The van der Waals surface area contributed by atoms with Crippen LogP contribution >= 0.6 is 0 Å². The topological polar surface area (TPSA) is 106 Å². The van der Waals surface area contributed by atoms with E-state index >= 15 is 0 Å². The minimum Gasteiger partial charge on any atom is -0.360 e. The average molecular weight is 344 g/mol. The predicted molar refractivity (Wildman–Crippen MR) is 79.6 cm³/mol. The molecular weight excluding hydrogens is 328 g/mol. The first-order chi connectivity index (χ1) is 10.1. The van der Waals surface area contributed by atoms with E-state index in [0.29, 0.717) is 5.56 Å². The third kappa shape index (κ3) is 3.54. The van der Waals surface area contributed by atoms with Crippen LogP contribution in [0.3, 0.4) is 0 Å². The lowest BCUT2D eigenvalue weighted by molar-refractivity contribution is 0.390. The third-order valence-corrected chi connectivity index (χ3v) is 5.83. The Bertz CT molecular complexity index is 862. The minimum absolute atomic E-state index is 0.0280. The van der Waals surface area contributed by atoms with E-state index in [1.807, 2.05) is 0 Å². The summed E-state index contributed by atoms with van der Waals surface area (Å²) in [5.41, 5.74) is 0.931. The fourth-order valence-corrected chi connectivity index (χ4v) is 3.94. The van der Waals surface area contributed by atoms with Crippen LogP contribution in [0.2, 0.25) is 0 Å². The lowest BCUT2D eigenvalue weighted by Crippen LogP contribution is -2.24. The number of aryl methyl sites for hydroxylation is 2. The van der Waals surface area contributed by atoms with Crippen molar-refractivity contribution in [2.24, 2.45) is 0 Å². The summed E-state index contributed by atoms with van der Waals surface area (Å²) in [6.45, 7) is 3.11. The zero-order valence-corrected chi connectivity index (χ0v) is 14.0. The predicted octanol–water partition coefficient (Wildman–Crippen LogP) is 1.17. The highest BCUT2D eigenvalue weighted by molar-refractivity contribution is 7.90. The number of hydrogen-bond donors (Lipinski definition) is 1. The summed E-state index contributed by atoms with van der Waals surface area (Å²) in [6.07, 6.45) is 1.11. The van der Waals surface area contributed by atoms with Crippen LogP contribution in [0.4, 0.5) is 0 Å². The molecule has 0 saturated carbocycles. The Kier molecular flexibility index (Phi) is 4.41. The summed E-state index contributed by atoms with van der Waals surface area (Å²) < 4.78 is 54.5. The second-order valence-electron chi connectivity index (χ2n) is 4.89. The second-order valence-corrected chi connectivity index (χ2v) is 8.61. The molecule has 1 aromatic carbocycles. The highest BCUT2D eigenvalue weighted by atomic mass is 32.2. The maximum absolute atomic E-state index is 12.2. The fraction of sp³-hybridized carbons (Fsp3) is 0.308. The Hall–Kier alpha value is -1.71. The van der Waals surface area contributed by atoms with Gasteiger partial charge in [0, 0.05) is 12.8 Å². The lowest BCUT2D eigenvalue weighted by Gasteiger charge is -2.07. The molecule has 22 heavy (non-hydrogen) atoms. The molecule has 0 saturated heterocycles. The number of benzene rings is 1. The first-order valence-corrected chi connectivity index (χ1v) is 9.70. The van der Waals surface area contributed by atoms with Crippen molar-refractivity contribution in [1.82, 2.24) is 9.88 Å². The first-order valence-electron chi connectivity index (χ1n) is 6.33. The van der Waals surface area contributed by atoms with Gasteiger partial charge in [0.15, 0.2) is 15.6 Å². The Labute approximate surface area is 129 Å². The first kappa shape index (κ1) is 16.7. The molecule has 0 unspecified atom stereocenters. The van der Waals surface area contributed by atoms with E-state index in [1.54, 1.807) is 19.1 Å². The average Bonchev–Trinajstić information content (AvgIpc) is 2.76. The van der Waals surface area contributed by atoms with Gasteiger partial charge in [-0.2, -0.15) is 0 Å². The summed E-state index contributed by atoms with van der Waals surface area (Å²) >= 11 is 0. The normalized spacial score (nSPS) is 12.5. The van der Waals surface area contributed by atoms with Crippen molar-refractivity contribution < 1.29 is 21.4 Å². The van der Waals surface area contributed by atoms with E-state index in [0.717, 1.165) is 6.26 Å². The molecule has 0 amide bonds. The summed E-state index contributed by atoms with van der Waals surface area (Å²) in [7, 11) is -7.01. The molecule has 7 nitrogen and oxygen atoms in total. The van der Waals surface area contributed by atoms with Crippen LogP contribution in [0.5, 0.6) is 0 Å². The minimum atomic E-state index is -3.74. The molecule has 0 aliphatic carbocycles. The van der Waals surface area contributed by atoms with Crippen LogP contribution in [0.1, 0.15) is 17.0 Å². The monoisotopic (exact) mass is 344 g/mol. The summed E-state index contributed by atoms with van der Waals surface area (Å²) in [5, 5.41) is 3.62. The van der Waals surface area contributed by atoms with Crippen molar-refractivity contribution >= 4 is 19.9 Å². The van der Waals surface area contributed by atoms with E-state index in [2.05, 4.69) is 9.88 Å². The van der Waals surface area contributed by atoms with Gasteiger partial charge in [-0.25, -0.2) is 21.6 Å². The summed E-state index contributed by atoms with van der Waals surface area (Å²) in [6, 6.07) is 6.00. The van der Waals surface area contributed by atoms with E-state index < -0.39 is 19.9 Å². The van der Waals surface area contributed by atoms with Crippen molar-refractivity contribution in [2.75, 3.05) is 6.26 Å². The number of hydrogen-bond acceptors (Lipinski definition) is 6. The Balaban J connectivity index is 2.16. The molecule has 0 fully saturated rings. The van der Waals surface area contributed by atoms with Crippen molar-refractivity contribution in [1.29, 1.82) is 0 Å². The lowest BCUT2D eigenvalue weighted by atomic mass is 10.2. The van der Waals surface area contributed by atoms with Crippen LogP contribution < -0.4 is 4.72 Å². The Morgan fingerprint density at radius 2 is 1.68 bits per heavy atom. The fourth-order valence-electron chi connectivity index (χ4n) is 1.96. The van der Waals surface area contributed by atoms with E-state index in [4.69, 9.17) is 4.52 Å². The number of rotatable bonds is 5. The SMILES string of the molecule is Cc1noc(C)c1S(=O)(=O)NCc1ccc(S(C)(=O)=O)cc1. The molecular formula is C13H16N2O5S2. The van der Waals surface area contributed by atoms with Gasteiger partial charge >= 0.3 is 0 Å². The van der Waals surface area contributed by atoms with Gasteiger partial charge in [-0.05, 0) is 31.5 Å². The molecule has 0 radical (unpaired) electrons. The zero-order valence-electron chi connectivity index (χ0n) is 12.3. The standard InChI is InChI=1S/C13H16N2O5S2/c1-9-13(10(2)20-15-9)22(18,19)14-8-11-4-6-12(7-5-11)21(3,16)17/h4-7,14H,8H2,1-3H3. The van der Waals surface area contributed by atoms with Gasteiger partial charge in [0.05, 0.1) is 4.90 Å². The maximum atomic E-state index is 12.2. The molecule has 1 heterocycles. The highest BCUT2D eigenvalue weighted by Gasteiger charge is 2.23. The quantitative estimate of drug-likeness (QED) is 0.873. The van der Waals surface area contributed by atoms with Gasteiger partial charge in [0.1, 0.15) is 10.6 Å². The van der Waals surface area contributed by atoms with Crippen LogP contribution in [-0.2, 0) is 26.4 Å². The molecule has 1 N–H and O–H groups in total. The van der Waals surface area contributed by atoms with Crippen molar-refractivity contribution in [3.8, 4) is 0 Å². The van der Waals surface area contributed by atoms with Gasteiger partial charge in [-0.1, -0.05) is 17.3 Å². The van der Waals surface area contributed by atoms with Crippen molar-refractivity contribution in [2.45, 2.75) is 30.2 Å². The molecule has 0 aliphatic heterocycles. The van der Waals surface area contributed by atoms with Crippen LogP contribution in [0, 0.1) is 13.8 Å². The Morgan fingerprint density at radius 3 is 2.14 bits per heavy atom. The smallest absolute Gasteiger partial charge is 0.246 e. The summed E-state index contributed by atoms with van der Waals surface area (Å²) in [5.74, 6) is 0.220. The maximum Gasteiger partial charge on any atom is 0.246 e. The summed E-state index contributed by atoms with van der Waals surface area (Å²) in [4.78, 5) is 0.213. The van der Waals surface area contributed by atoms with E-state index in [9.17, 15) is 16.8 Å². The third-order valence-electron chi connectivity index (χ3n) is 3.05. The Morgan fingerprint density at radius 1 is 1.09 bits per heavy atom. The number of nitrogens with zero attached hydrogens (tertiary/aromatic N) is 1. The molecule has 0 atom stereocenters. The van der Waals surface area contributed by atoms with Gasteiger partial charge < -0.3 is 4.52 Å². The molecule has 120 valence electrons. The number of nitrogens with one attached hydrogen (secondary N) is 1. The molecule has 2 rings (SSSR count). The molecule has 2 aromatic rings. The van der Waals surface area contributed by atoms with Crippen LogP contribution in [0.15, 0.2) is 38.6 Å². The van der Waals surface area contributed by atoms with E-state index in [1.165, 1.54) is 19.1 Å². The van der Waals surface area contributed by atoms with Crippen LogP contribution in [0.25, 0.3) is 0 Å². The second kappa shape index (κ2) is 5.82. The molecule has 0 bridgehead atoms. The van der Waals surface area contributed by atoms with Gasteiger partial charge in [0.25, 0.3) is 0 Å². The van der Waals surface area contributed by atoms with Gasteiger partial charge in [-0.3, -0.25) is 0 Å². The van der Waals surface area contributed by atoms with Crippen molar-refractivity contribution in [3.63, 3.8) is 0 Å². The highest BCUT2D eigenvalue weighted by Crippen LogP contribution is 2.19. The van der Waals surface area contributed by atoms with Gasteiger partial charge in [-0.15, -0.1) is 0 Å². The molecule has 1 aromatic heterocycles. The number of sulfone groups is 1.